The number of ether oxygens (including phenoxy) is 3. The topological polar surface area (TPSA) is 43.3 Å². The Morgan fingerprint density at radius 3 is 2.89 bits per heavy atom. The normalized spacial score (nSPS) is 28.3. The Hall–Kier alpha value is -2.05. The van der Waals surface area contributed by atoms with Crippen LogP contribution in [0.1, 0.15) is 49.6 Å². The van der Waals surface area contributed by atoms with Gasteiger partial charge in [-0.05, 0) is 31.4 Å². The van der Waals surface area contributed by atoms with E-state index in [-0.39, 0.29) is 11.6 Å². The average molecular weight is 385 g/mol. The van der Waals surface area contributed by atoms with Crippen molar-refractivity contribution in [2.75, 3.05) is 13.7 Å². The molecule has 2 aromatic rings. The van der Waals surface area contributed by atoms with Gasteiger partial charge in [-0.25, -0.2) is 5.01 Å². The van der Waals surface area contributed by atoms with Crippen LogP contribution in [0, 0.1) is 0 Å². The fourth-order valence-corrected chi connectivity index (χ4v) is 5.32. The van der Waals surface area contributed by atoms with Gasteiger partial charge in [0.15, 0.2) is 11.5 Å². The van der Waals surface area contributed by atoms with Gasteiger partial charge in [0.1, 0.15) is 0 Å². The molecule has 1 fully saturated rings. The summed E-state index contributed by atoms with van der Waals surface area (Å²) in [6.07, 6.45) is 2.42. The molecule has 0 saturated carbocycles. The molecule has 0 bridgehead atoms. The number of methoxy groups -OCH3 is 1. The molecule has 3 aliphatic heterocycles. The molecule has 27 heavy (non-hydrogen) atoms. The Balaban J connectivity index is 1.65. The molecule has 0 aliphatic carbocycles. The van der Waals surface area contributed by atoms with Gasteiger partial charge in [-0.1, -0.05) is 18.2 Å². The largest absolute Gasteiger partial charge is 0.493 e. The van der Waals surface area contributed by atoms with E-state index >= 15 is 0 Å². The van der Waals surface area contributed by atoms with Crippen molar-refractivity contribution < 1.29 is 14.2 Å². The molecule has 0 unspecified atom stereocenters. The minimum atomic E-state index is -0.507. The molecule has 0 radical (unpaired) electrons. The van der Waals surface area contributed by atoms with Crippen LogP contribution in [-0.2, 0) is 4.74 Å². The van der Waals surface area contributed by atoms with E-state index in [0.29, 0.717) is 6.61 Å². The second-order valence-corrected chi connectivity index (χ2v) is 9.00. The Bertz CT molecular complexity index is 893. The molecule has 3 aliphatic rings. The fourth-order valence-electron chi connectivity index (χ4n) is 4.60. The third kappa shape index (κ3) is 2.65. The smallest absolute Gasteiger partial charge is 0.203 e. The standard InChI is InChI=1S/C21H24N2O3S/c1-20(2)13-21(9-10-25-20)23-16(12-15(22-23)18-8-5-11-27-18)14-6-4-7-17(24-3)19(14)26-21/h4-8,11,16H,9-10,12-13H2,1-3H3/t16-,21+/m1/s1. The molecule has 2 atom stereocenters. The number of hydrogen-bond acceptors (Lipinski definition) is 6. The molecule has 5 nitrogen and oxygen atoms in total. The lowest BCUT2D eigenvalue weighted by Gasteiger charge is -2.52. The van der Waals surface area contributed by atoms with Crippen LogP contribution in [0.4, 0.5) is 0 Å². The van der Waals surface area contributed by atoms with Crippen molar-refractivity contribution in [3.05, 3.63) is 46.2 Å². The fraction of sp³-hybridized carbons (Fsp3) is 0.476. The molecule has 1 saturated heterocycles. The van der Waals surface area contributed by atoms with E-state index in [4.69, 9.17) is 19.3 Å². The van der Waals surface area contributed by atoms with Crippen molar-refractivity contribution in [2.24, 2.45) is 5.10 Å². The molecule has 6 heteroatoms. The van der Waals surface area contributed by atoms with Crippen LogP contribution in [0.3, 0.4) is 0 Å². The maximum absolute atomic E-state index is 6.71. The van der Waals surface area contributed by atoms with Gasteiger partial charge in [-0.3, -0.25) is 0 Å². The number of para-hydroxylation sites is 1. The molecule has 1 aromatic carbocycles. The highest BCUT2D eigenvalue weighted by atomic mass is 32.1. The van der Waals surface area contributed by atoms with Crippen LogP contribution in [0.25, 0.3) is 0 Å². The SMILES string of the molecule is COc1cccc2c1O[C@]1(CCOC(C)(C)C1)N1N=C(c3cccs3)C[C@H]21. The predicted octanol–water partition coefficient (Wildman–Crippen LogP) is 4.59. The van der Waals surface area contributed by atoms with E-state index in [1.807, 2.05) is 12.1 Å². The number of hydrogen-bond donors (Lipinski definition) is 0. The van der Waals surface area contributed by atoms with E-state index < -0.39 is 5.72 Å². The van der Waals surface area contributed by atoms with E-state index in [1.54, 1.807) is 18.4 Å². The summed E-state index contributed by atoms with van der Waals surface area (Å²) < 4.78 is 18.4. The summed E-state index contributed by atoms with van der Waals surface area (Å²) >= 11 is 1.74. The highest BCUT2D eigenvalue weighted by Gasteiger charge is 2.55. The van der Waals surface area contributed by atoms with Crippen LogP contribution >= 0.6 is 11.3 Å². The maximum Gasteiger partial charge on any atom is 0.203 e. The van der Waals surface area contributed by atoms with E-state index in [0.717, 1.165) is 42.0 Å². The van der Waals surface area contributed by atoms with E-state index in [9.17, 15) is 0 Å². The Morgan fingerprint density at radius 1 is 1.26 bits per heavy atom. The van der Waals surface area contributed by atoms with E-state index in [2.05, 4.69) is 42.4 Å². The van der Waals surface area contributed by atoms with Gasteiger partial charge in [0.25, 0.3) is 0 Å². The molecule has 0 amide bonds. The van der Waals surface area contributed by atoms with Gasteiger partial charge in [0, 0.05) is 24.8 Å². The zero-order valence-electron chi connectivity index (χ0n) is 15.9. The van der Waals surface area contributed by atoms with Crippen molar-refractivity contribution in [3.8, 4) is 11.5 Å². The lowest BCUT2D eigenvalue weighted by atomic mass is 9.86. The lowest BCUT2D eigenvalue weighted by molar-refractivity contribution is -0.212. The number of hydrazone groups is 1. The van der Waals surface area contributed by atoms with Crippen LogP contribution in [0.5, 0.6) is 11.5 Å². The first-order chi connectivity index (χ1) is 13.0. The van der Waals surface area contributed by atoms with E-state index in [1.165, 1.54) is 4.88 Å². The zero-order chi connectivity index (χ0) is 18.6. The molecular formula is C21H24N2O3S. The monoisotopic (exact) mass is 384 g/mol. The lowest BCUT2D eigenvalue weighted by Crippen LogP contribution is -2.60. The Morgan fingerprint density at radius 2 is 2.15 bits per heavy atom. The molecule has 0 N–H and O–H groups in total. The zero-order valence-corrected chi connectivity index (χ0v) is 16.7. The summed E-state index contributed by atoms with van der Waals surface area (Å²) in [6.45, 7) is 4.92. The summed E-state index contributed by atoms with van der Waals surface area (Å²) in [7, 11) is 1.70. The molecule has 4 heterocycles. The molecule has 5 rings (SSSR count). The highest BCUT2D eigenvalue weighted by Crippen LogP contribution is 2.54. The predicted molar refractivity (Wildman–Crippen MR) is 106 cm³/mol. The second kappa shape index (κ2) is 5.97. The first-order valence-electron chi connectivity index (χ1n) is 9.42. The minimum Gasteiger partial charge on any atom is -0.493 e. The number of fused-ring (bicyclic) bond motifs is 4. The third-order valence-corrected chi connectivity index (χ3v) is 6.62. The Labute approximate surface area is 163 Å². The van der Waals surface area contributed by atoms with Crippen LogP contribution in [0.2, 0.25) is 0 Å². The number of rotatable bonds is 2. The second-order valence-electron chi connectivity index (χ2n) is 8.05. The number of thiophene rings is 1. The van der Waals surface area contributed by atoms with Gasteiger partial charge in [0.2, 0.25) is 5.72 Å². The summed E-state index contributed by atoms with van der Waals surface area (Å²) in [5.74, 6) is 1.65. The average Bonchev–Trinajstić information content (AvgIpc) is 3.30. The van der Waals surface area contributed by atoms with Crippen LogP contribution in [0.15, 0.2) is 40.8 Å². The number of benzene rings is 1. The van der Waals surface area contributed by atoms with Gasteiger partial charge < -0.3 is 14.2 Å². The van der Waals surface area contributed by atoms with Gasteiger partial charge in [-0.15, -0.1) is 11.3 Å². The quantitative estimate of drug-likeness (QED) is 0.760. The van der Waals surface area contributed by atoms with Crippen molar-refractivity contribution in [2.45, 2.75) is 50.5 Å². The summed E-state index contributed by atoms with van der Waals surface area (Å²) in [5, 5.41) is 9.41. The van der Waals surface area contributed by atoms with Crippen molar-refractivity contribution in [3.63, 3.8) is 0 Å². The first kappa shape index (κ1) is 17.1. The first-order valence-corrected chi connectivity index (χ1v) is 10.3. The van der Waals surface area contributed by atoms with Gasteiger partial charge in [-0.2, -0.15) is 5.10 Å². The third-order valence-electron chi connectivity index (χ3n) is 5.70. The highest BCUT2D eigenvalue weighted by molar-refractivity contribution is 7.12. The minimum absolute atomic E-state index is 0.162. The maximum atomic E-state index is 6.71. The van der Waals surface area contributed by atoms with Gasteiger partial charge in [0.05, 0.1) is 35.9 Å². The van der Waals surface area contributed by atoms with Crippen molar-refractivity contribution in [1.82, 2.24) is 5.01 Å². The molecule has 1 spiro atoms. The van der Waals surface area contributed by atoms with Crippen molar-refractivity contribution in [1.29, 1.82) is 0 Å². The van der Waals surface area contributed by atoms with Crippen LogP contribution < -0.4 is 9.47 Å². The number of nitrogens with zero attached hydrogens (tertiary/aromatic N) is 2. The molecular weight excluding hydrogens is 360 g/mol. The molecule has 142 valence electrons. The van der Waals surface area contributed by atoms with Crippen molar-refractivity contribution >= 4 is 17.0 Å². The van der Waals surface area contributed by atoms with Gasteiger partial charge >= 0.3 is 0 Å². The summed E-state index contributed by atoms with van der Waals surface area (Å²) in [4.78, 5) is 1.23. The summed E-state index contributed by atoms with van der Waals surface area (Å²) in [6, 6.07) is 10.5. The summed E-state index contributed by atoms with van der Waals surface area (Å²) in [5.41, 5.74) is 1.52. The molecule has 1 aromatic heterocycles. The van der Waals surface area contributed by atoms with Crippen LogP contribution in [-0.4, -0.2) is 35.8 Å². The Kier molecular flexibility index (Phi) is 3.78.